The lowest BCUT2D eigenvalue weighted by Crippen LogP contribution is -2.44. The molecule has 2 aromatic rings. The predicted octanol–water partition coefficient (Wildman–Crippen LogP) is 6.62. The van der Waals surface area contributed by atoms with Gasteiger partial charge in [0, 0.05) is 16.4 Å². The Morgan fingerprint density at radius 3 is 2.36 bits per heavy atom. The topological polar surface area (TPSA) is 67.9 Å². The number of benzene rings is 2. The Balaban J connectivity index is 1.92. The zero-order valence-corrected chi connectivity index (χ0v) is 23.4. The molecule has 0 aromatic heterocycles. The van der Waals surface area contributed by atoms with E-state index >= 15 is 0 Å². The van der Waals surface area contributed by atoms with E-state index in [1.807, 2.05) is 30.3 Å². The van der Waals surface area contributed by atoms with E-state index in [-0.39, 0.29) is 10.9 Å². The first-order valence-corrected chi connectivity index (χ1v) is 15.0. The van der Waals surface area contributed by atoms with Crippen LogP contribution >= 0.6 is 15.9 Å². The molecule has 0 radical (unpaired) electrons. The lowest BCUT2D eigenvalue weighted by molar-refractivity contribution is -0.118. The Morgan fingerprint density at radius 2 is 1.76 bits per heavy atom. The van der Waals surface area contributed by atoms with Gasteiger partial charge in [0.25, 0.3) is 0 Å². The molecule has 0 spiro atoms. The Hall–Kier alpha value is -2.06. The van der Waals surface area contributed by atoms with Gasteiger partial charge >= 0.3 is 6.09 Å². The third-order valence-electron chi connectivity index (χ3n) is 6.26. The van der Waals surface area contributed by atoms with Gasteiger partial charge in [0.1, 0.15) is 17.4 Å². The van der Waals surface area contributed by atoms with E-state index in [1.54, 1.807) is 25.7 Å². The average molecular weight is 536 g/mol. The van der Waals surface area contributed by atoms with Crippen LogP contribution in [0.25, 0.3) is 10.8 Å². The Bertz CT molecular complexity index is 1070. The number of hydrogen-bond donors (Lipinski definition) is 1. The summed E-state index contributed by atoms with van der Waals surface area (Å²) >= 11 is 3.65. The first-order valence-electron chi connectivity index (χ1n) is 11.3. The van der Waals surface area contributed by atoms with Crippen LogP contribution < -0.4 is 14.6 Å². The molecule has 3 rings (SSSR count). The van der Waals surface area contributed by atoms with Crippen LogP contribution in [0.1, 0.15) is 48.0 Å². The normalized spacial score (nSPS) is 17.4. The summed E-state index contributed by atoms with van der Waals surface area (Å²) in [5.74, 6) is 0.660. The van der Waals surface area contributed by atoms with E-state index in [0.717, 1.165) is 26.7 Å². The molecule has 1 N–H and O–H groups in total. The summed E-state index contributed by atoms with van der Waals surface area (Å²) in [6, 6.07) is 9.42. The van der Waals surface area contributed by atoms with E-state index < -0.39 is 26.1 Å². The summed E-state index contributed by atoms with van der Waals surface area (Å²) in [5, 5.41) is 4.76. The maximum atomic E-state index is 13.3. The van der Waals surface area contributed by atoms with Crippen molar-refractivity contribution in [2.24, 2.45) is 0 Å². The lowest BCUT2D eigenvalue weighted by atomic mass is 10.1. The Morgan fingerprint density at radius 1 is 1.12 bits per heavy atom. The van der Waals surface area contributed by atoms with Crippen LogP contribution in [0.5, 0.6) is 5.75 Å². The zero-order chi connectivity index (χ0) is 24.8. The molecule has 180 valence electrons. The monoisotopic (exact) mass is 534 g/mol. The van der Waals surface area contributed by atoms with E-state index in [1.165, 1.54) is 0 Å². The minimum Gasteiger partial charge on any atom is -0.543 e. The fraction of sp³-hybridized carbons (Fsp3) is 0.520. The molecule has 1 fully saturated rings. The minimum absolute atomic E-state index is 0.0769. The molecule has 0 saturated carbocycles. The van der Waals surface area contributed by atoms with Crippen LogP contribution in [0.3, 0.4) is 0 Å². The fourth-order valence-corrected chi connectivity index (χ4v) is 5.11. The van der Waals surface area contributed by atoms with Gasteiger partial charge in [-0.15, -0.1) is 0 Å². The van der Waals surface area contributed by atoms with Gasteiger partial charge in [-0.05, 0) is 84.8 Å². The second-order valence-corrected chi connectivity index (χ2v) is 16.7. The van der Waals surface area contributed by atoms with Gasteiger partial charge in [0.05, 0.1) is 5.69 Å². The number of halogens is 1. The number of fused-ring (bicyclic) bond motifs is 1. The van der Waals surface area contributed by atoms with Gasteiger partial charge in [-0.1, -0.05) is 32.9 Å². The van der Waals surface area contributed by atoms with Gasteiger partial charge in [-0.2, -0.15) is 0 Å². The molecule has 2 amide bonds. The van der Waals surface area contributed by atoms with Crippen molar-refractivity contribution in [3.63, 3.8) is 0 Å². The van der Waals surface area contributed by atoms with E-state index in [2.05, 4.69) is 55.1 Å². The van der Waals surface area contributed by atoms with Crippen molar-refractivity contribution in [3.05, 3.63) is 34.8 Å². The molecular formula is C25H35BrN2O4Si. The first-order chi connectivity index (χ1) is 15.1. The Labute approximate surface area is 206 Å². The number of ether oxygens (including phenoxy) is 1. The molecule has 2 aromatic carbocycles. The maximum Gasteiger partial charge on any atom is 0.408 e. The van der Waals surface area contributed by atoms with Crippen molar-refractivity contribution in [3.8, 4) is 5.75 Å². The molecule has 1 atom stereocenters. The van der Waals surface area contributed by atoms with Crippen molar-refractivity contribution in [1.82, 2.24) is 5.32 Å². The third kappa shape index (κ3) is 5.72. The van der Waals surface area contributed by atoms with Crippen LogP contribution in [-0.2, 0) is 9.53 Å². The average Bonchev–Trinajstić information content (AvgIpc) is 2.99. The quantitative estimate of drug-likeness (QED) is 0.447. The molecule has 33 heavy (non-hydrogen) atoms. The zero-order valence-electron chi connectivity index (χ0n) is 20.8. The second kappa shape index (κ2) is 8.95. The van der Waals surface area contributed by atoms with Crippen molar-refractivity contribution in [1.29, 1.82) is 0 Å². The summed E-state index contributed by atoms with van der Waals surface area (Å²) in [7, 11) is -2.01. The third-order valence-corrected chi connectivity index (χ3v) is 11.3. The standard InChI is InChI=1S/C25H35BrN2O4Si/c1-24(2,3)31-23(30)27-20-13-14-28(22(20)29)21-18-15-17(32-33(7,8)25(4,5)6)11-9-16(18)10-12-19(21)26/h9-12,15,20H,13-14H2,1-8H3,(H,27,30)/t20-/m1/s1. The number of nitrogens with zero attached hydrogens (tertiary/aromatic N) is 1. The van der Waals surface area contributed by atoms with Crippen molar-refractivity contribution >= 4 is 52.7 Å². The van der Waals surface area contributed by atoms with Crippen molar-refractivity contribution < 1.29 is 18.8 Å². The van der Waals surface area contributed by atoms with Gasteiger partial charge < -0.3 is 19.4 Å². The second-order valence-electron chi connectivity index (χ2n) is 11.1. The highest BCUT2D eigenvalue weighted by atomic mass is 79.9. The van der Waals surface area contributed by atoms with Crippen molar-refractivity contribution in [2.75, 3.05) is 11.4 Å². The molecule has 8 heteroatoms. The number of rotatable bonds is 4. The predicted molar refractivity (Wildman–Crippen MR) is 140 cm³/mol. The number of anilines is 1. The van der Waals surface area contributed by atoms with E-state index in [9.17, 15) is 9.59 Å². The molecule has 0 aliphatic carbocycles. The molecule has 6 nitrogen and oxygen atoms in total. The van der Waals surface area contributed by atoms with Crippen LogP contribution in [0.2, 0.25) is 18.1 Å². The number of amides is 2. The highest BCUT2D eigenvalue weighted by Gasteiger charge is 2.39. The molecule has 1 saturated heterocycles. The number of carbonyl (C=O) groups excluding carboxylic acids is 2. The minimum atomic E-state index is -2.01. The largest absolute Gasteiger partial charge is 0.543 e. The molecule has 1 heterocycles. The van der Waals surface area contributed by atoms with Crippen LogP contribution in [0.15, 0.2) is 34.8 Å². The van der Waals surface area contributed by atoms with Crippen molar-refractivity contribution in [2.45, 2.75) is 77.7 Å². The van der Waals surface area contributed by atoms with Crippen LogP contribution in [0, 0.1) is 0 Å². The smallest absolute Gasteiger partial charge is 0.408 e. The lowest BCUT2D eigenvalue weighted by Gasteiger charge is -2.36. The number of alkyl carbamates (subject to hydrolysis) is 1. The van der Waals surface area contributed by atoms with Gasteiger partial charge in [-0.3, -0.25) is 4.79 Å². The maximum absolute atomic E-state index is 13.3. The van der Waals surface area contributed by atoms with Gasteiger partial charge in [-0.25, -0.2) is 4.79 Å². The molecule has 1 aliphatic rings. The van der Waals surface area contributed by atoms with Gasteiger partial charge in [0.15, 0.2) is 0 Å². The summed E-state index contributed by atoms with van der Waals surface area (Å²) in [5.41, 5.74) is 0.177. The van der Waals surface area contributed by atoms with E-state index in [0.29, 0.717) is 13.0 Å². The van der Waals surface area contributed by atoms with Crippen LogP contribution in [-0.4, -0.2) is 38.5 Å². The van der Waals surface area contributed by atoms with Gasteiger partial charge in [0.2, 0.25) is 14.2 Å². The van der Waals surface area contributed by atoms with E-state index in [4.69, 9.17) is 9.16 Å². The first kappa shape index (κ1) is 25.6. The number of hydrogen-bond acceptors (Lipinski definition) is 4. The summed E-state index contributed by atoms with van der Waals surface area (Å²) in [4.78, 5) is 27.2. The highest BCUT2D eigenvalue weighted by molar-refractivity contribution is 9.10. The molecule has 0 bridgehead atoms. The summed E-state index contributed by atoms with van der Waals surface area (Å²) in [6.07, 6.45) is -0.0640. The number of nitrogens with one attached hydrogen (secondary N) is 1. The summed E-state index contributed by atoms with van der Waals surface area (Å²) < 4.78 is 12.7. The Kier molecular flexibility index (Phi) is 6.93. The molecular weight excluding hydrogens is 500 g/mol. The fourth-order valence-electron chi connectivity index (χ4n) is 3.53. The number of carbonyl (C=O) groups is 2. The van der Waals surface area contributed by atoms with Crippen LogP contribution in [0.4, 0.5) is 10.5 Å². The summed E-state index contributed by atoms with van der Waals surface area (Å²) in [6.45, 7) is 17.0. The highest BCUT2D eigenvalue weighted by Crippen LogP contribution is 2.41. The SMILES string of the molecule is CC(C)(C)OC(=O)N[C@@H]1CCN(c2c(Br)ccc3ccc(O[Si](C)(C)C(C)(C)C)cc23)C1=O. The molecule has 0 unspecified atom stereocenters. The molecule has 1 aliphatic heterocycles.